The van der Waals surface area contributed by atoms with Gasteiger partial charge in [0.15, 0.2) is 6.29 Å². The first kappa shape index (κ1) is 7.97. The Balaban J connectivity index is 2.11. The van der Waals surface area contributed by atoms with Crippen LogP contribution < -0.4 is 4.74 Å². The van der Waals surface area contributed by atoms with Crippen LogP contribution in [0, 0.1) is 0 Å². The highest BCUT2D eigenvalue weighted by atomic mass is 32.1. The number of hydrogen-bond acceptors (Lipinski definition) is 5. The summed E-state index contributed by atoms with van der Waals surface area (Å²) in [6.07, 6.45) is 1.49. The Morgan fingerprint density at radius 3 is 2.92 bits per heavy atom. The zero-order valence-corrected chi connectivity index (χ0v) is 7.47. The normalized spacial score (nSPS) is 18.4. The number of aromatic nitrogens is 1. The van der Waals surface area contributed by atoms with Gasteiger partial charge in [-0.1, -0.05) is 11.3 Å². The molecule has 0 aromatic carbocycles. The molecule has 0 aliphatic carbocycles. The Morgan fingerprint density at radius 2 is 2.33 bits per heavy atom. The van der Waals surface area contributed by atoms with Crippen LogP contribution >= 0.6 is 11.3 Å². The highest BCUT2D eigenvalue weighted by Crippen LogP contribution is 2.30. The van der Waals surface area contributed by atoms with Crippen molar-refractivity contribution in [2.75, 3.05) is 20.3 Å². The molecule has 0 atom stereocenters. The molecule has 2 rings (SSSR count). The Morgan fingerprint density at radius 1 is 1.58 bits per heavy atom. The minimum atomic E-state index is -0.230. The lowest BCUT2D eigenvalue weighted by Crippen LogP contribution is -1.93. The highest BCUT2D eigenvalue weighted by molar-refractivity contribution is 7.13. The van der Waals surface area contributed by atoms with E-state index in [2.05, 4.69) is 4.98 Å². The predicted octanol–water partition coefficient (Wildman–Crippen LogP) is 1.20. The molecule has 1 fully saturated rings. The van der Waals surface area contributed by atoms with Gasteiger partial charge in [0.05, 0.1) is 31.4 Å². The van der Waals surface area contributed by atoms with Gasteiger partial charge < -0.3 is 14.2 Å². The maximum Gasteiger partial charge on any atom is 0.273 e. The standard InChI is InChI=1S/C7H9NO3S/c1-9-7-8-4-5(12-7)6-10-2-3-11-6/h4,6H,2-3H2,1H3. The Labute approximate surface area is 74.1 Å². The van der Waals surface area contributed by atoms with E-state index in [1.54, 1.807) is 13.3 Å². The maximum atomic E-state index is 5.29. The third-order valence-corrected chi connectivity index (χ3v) is 2.51. The van der Waals surface area contributed by atoms with Gasteiger partial charge in [-0.05, 0) is 0 Å². The molecule has 0 saturated carbocycles. The monoisotopic (exact) mass is 187 g/mol. The lowest BCUT2D eigenvalue weighted by Gasteiger charge is -2.03. The van der Waals surface area contributed by atoms with Crippen molar-refractivity contribution in [1.29, 1.82) is 0 Å². The third-order valence-electron chi connectivity index (χ3n) is 1.53. The van der Waals surface area contributed by atoms with E-state index in [0.717, 1.165) is 4.88 Å². The zero-order chi connectivity index (χ0) is 8.39. The van der Waals surface area contributed by atoms with Crippen LogP contribution in [0.1, 0.15) is 11.2 Å². The van der Waals surface area contributed by atoms with Gasteiger partial charge in [0, 0.05) is 0 Å². The zero-order valence-electron chi connectivity index (χ0n) is 6.65. The molecule has 1 aromatic heterocycles. The second kappa shape index (κ2) is 3.38. The third kappa shape index (κ3) is 1.43. The summed E-state index contributed by atoms with van der Waals surface area (Å²) in [5.74, 6) is 0. The summed E-state index contributed by atoms with van der Waals surface area (Å²) in [5.41, 5.74) is 0. The average Bonchev–Trinajstić information content (AvgIpc) is 2.75. The first-order chi connectivity index (χ1) is 5.90. The van der Waals surface area contributed by atoms with Crippen LogP contribution in [0.5, 0.6) is 5.19 Å². The van der Waals surface area contributed by atoms with Crippen molar-refractivity contribution >= 4 is 11.3 Å². The smallest absolute Gasteiger partial charge is 0.273 e. The fourth-order valence-corrected chi connectivity index (χ4v) is 1.72. The fourth-order valence-electron chi connectivity index (χ4n) is 0.996. The van der Waals surface area contributed by atoms with Crippen molar-refractivity contribution in [3.63, 3.8) is 0 Å². The molecular formula is C7H9NO3S. The lowest BCUT2D eigenvalue weighted by atomic mass is 10.5. The van der Waals surface area contributed by atoms with E-state index in [4.69, 9.17) is 14.2 Å². The van der Waals surface area contributed by atoms with E-state index in [9.17, 15) is 0 Å². The van der Waals surface area contributed by atoms with E-state index in [0.29, 0.717) is 18.4 Å². The summed E-state index contributed by atoms with van der Waals surface area (Å²) >= 11 is 1.45. The van der Waals surface area contributed by atoms with Crippen LogP contribution in [-0.4, -0.2) is 25.3 Å². The van der Waals surface area contributed by atoms with Gasteiger partial charge in [0.25, 0.3) is 5.19 Å². The van der Waals surface area contributed by atoms with Gasteiger partial charge in [0.2, 0.25) is 0 Å². The molecule has 0 amide bonds. The summed E-state index contributed by atoms with van der Waals surface area (Å²) in [4.78, 5) is 4.98. The first-order valence-corrected chi connectivity index (χ1v) is 4.45. The SMILES string of the molecule is COc1ncc(C2OCCO2)s1. The second-order valence-corrected chi connectivity index (χ2v) is 3.33. The summed E-state index contributed by atoms with van der Waals surface area (Å²) in [7, 11) is 1.60. The molecule has 0 spiro atoms. The van der Waals surface area contributed by atoms with Gasteiger partial charge in [-0.2, -0.15) is 0 Å². The van der Waals surface area contributed by atoms with E-state index >= 15 is 0 Å². The van der Waals surface area contributed by atoms with Gasteiger partial charge in [-0.3, -0.25) is 0 Å². The molecule has 4 nitrogen and oxygen atoms in total. The van der Waals surface area contributed by atoms with E-state index < -0.39 is 0 Å². The quantitative estimate of drug-likeness (QED) is 0.697. The van der Waals surface area contributed by atoms with Gasteiger partial charge >= 0.3 is 0 Å². The highest BCUT2D eigenvalue weighted by Gasteiger charge is 2.20. The van der Waals surface area contributed by atoms with Crippen LogP contribution in [0.4, 0.5) is 0 Å². The summed E-state index contributed by atoms with van der Waals surface area (Å²) in [5, 5.41) is 0.643. The van der Waals surface area contributed by atoms with Crippen LogP contribution in [0.25, 0.3) is 0 Å². The number of ether oxygens (including phenoxy) is 3. The molecule has 2 heterocycles. The Kier molecular flexibility index (Phi) is 2.25. The van der Waals surface area contributed by atoms with E-state index in [-0.39, 0.29) is 6.29 Å². The molecule has 1 saturated heterocycles. The van der Waals surface area contributed by atoms with Crippen molar-refractivity contribution < 1.29 is 14.2 Å². The molecule has 1 aromatic rings. The van der Waals surface area contributed by atoms with Gasteiger partial charge in [0.1, 0.15) is 0 Å². The minimum Gasteiger partial charge on any atom is -0.473 e. The Hall–Kier alpha value is -0.650. The number of rotatable bonds is 2. The molecule has 5 heteroatoms. The van der Waals surface area contributed by atoms with E-state index in [1.165, 1.54) is 11.3 Å². The topological polar surface area (TPSA) is 40.6 Å². The average molecular weight is 187 g/mol. The van der Waals surface area contributed by atoms with Gasteiger partial charge in [-0.25, -0.2) is 4.98 Å². The molecule has 66 valence electrons. The minimum absolute atomic E-state index is 0.230. The van der Waals surface area contributed by atoms with Crippen LogP contribution in [0.2, 0.25) is 0 Å². The van der Waals surface area contributed by atoms with E-state index in [1.807, 2.05) is 0 Å². The van der Waals surface area contributed by atoms with Crippen molar-refractivity contribution in [3.8, 4) is 5.19 Å². The summed E-state index contributed by atoms with van der Waals surface area (Å²) in [6, 6.07) is 0. The molecule has 1 aliphatic rings. The van der Waals surface area contributed by atoms with Gasteiger partial charge in [-0.15, -0.1) is 0 Å². The molecule has 0 radical (unpaired) electrons. The first-order valence-electron chi connectivity index (χ1n) is 3.63. The largest absolute Gasteiger partial charge is 0.473 e. The number of hydrogen-bond donors (Lipinski definition) is 0. The summed E-state index contributed by atoms with van der Waals surface area (Å²) in [6.45, 7) is 1.32. The van der Waals surface area contributed by atoms with Crippen molar-refractivity contribution in [2.24, 2.45) is 0 Å². The molecular weight excluding hydrogens is 178 g/mol. The van der Waals surface area contributed by atoms with Crippen molar-refractivity contribution in [1.82, 2.24) is 4.98 Å². The molecule has 1 aliphatic heterocycles. The Bertz CT molecular complexity index is 257. The van der Waals surface area contributed by atoms with Crippen LogP contribution in [0.15, 0.2) is 6.20 Å². The van der Waals surface area contributed by atoms with Crippen molar-refractivity contribution in [3.05, 3.63) is 11.1 Å². The molecule has 0 bridgehead atoms. The summed E-state index contributed by atoms with van der Waals surface area (Å²) < 4.78 is 15.5. The van der Waals surface area contributed by atoms with Crippen molar-refractivity contribution in [2.45, 2.75) is 6.29 Å². The lowest BCUT2D eigenvalue weighted by molar-refractivity contribution is -0.0414. The molecule has 0 unspecified atom stereocenters. The van der Waals surface area contributed by atoms with Crippen LogP contribution in [-0.2, 0) is 9.47 Å². The number of methoxy groups -OCH3 is 1. The molecule has 0 N–H and O–H groups in total. The fraction of sp³-hybridized carbons (Fsp3) is 0.571. The predicted molar refractivity (Wildman–Crippen MR) is 43.3 cm³/mol. The maximum absolute atomic E-state index is 5.29. The number of nitrogens with zero attached hydrogens (tertiary/aromatic N) is 1. The second-order valence-electron chi connectivity index (χ2n) is 2.31. The molecule has 12 heavy (non-hydrogen) atoms. The number of thiazole rings is 1. The van der Waals surface area contributed by atoms with Crippen LogP contribution in [0.3, 0.4) is 0 Å².